The van der Waals surface area contributed by atoms with Crippen molar-refractivity contribution in [3.8, 4) is 0 Å². The highest BCUT2D eigenvalue weighted by molar-refractivity contribution is 7.92. The van der Waals surface area contributed by atoms with Crippen LogP contribution in [0.3, 0.4) is 0 Å². The second kappa shape index (κ2) is 8.35. The summed E-state index contributed by atoms with van der Waals surface area (Å²) >= 11 is 0. The molecule has 0 radical (unpaired) electrons. The molecule has 1 saturated heterocycles. The molecule has 1 heterocycles. The van der Waals surface area contributed by atoms with Gasteiger partial charge in [-0.15, -0.1) is 0 Å². The van der Waals surface area contributed by atoms with E-state index < -0.39 is 10.0 Å². The van der Waals surface area contributed by atoms with Gasteiger partial charge >= 0.3 is 0 Å². The summed E-state index contributed by atoms with van der Waals surface area (Å²) in [5.41, 5.74) is 2.61. The number of sulfonamides is 1. The van der Waals surface area contributed by atoms with E-state index in [1.807, 2.05) is 25.1 Å². The quantitative estimate of drug-likeness (QED) is 0.774. The smallest absolute Gasteiger partial charge is 0.261 e. The molecule has 28 heavy (non-hydrogen) atoms. The minimum absolute atomic E-state index is 0.119. The third kappa shape index (κ3) is 4.22. The molecule has 2 aromatic rings. The average Bonchev–Trinajstić information content (AvgIpc) is 3.23. The Hall–Kier alpha value is -2.34. The van der Waals surface area contributed by atoms with Crippen molar-refractivity contribution in [1.82, 2.24) is 4.90 Å². The van der Waals surface area contributed by atoms with Crippen LogP contribution in [0.25, 0.3) is 0 Å². The predicted molar refractivity (Wildman–Crippen MR) is 112 cm³/mol. The van der Waals surface area contributed by atoms with Crippen LogP contribution < -0.4 is 4.72 Å². The molecule has 5 nitrogen and oxygen atoms in total. The lowest BCUT2D eigenvalue weighted by Gasteiger charge is -2.20. The summed E-state index contributed by atoms with van der Waals surface area (Å²) in [6.45, 7) is 7.47. The minimum atomic E-state index is -3.79. The average molecular weight is 401 g/mol. The summed E-state index contributed by atoms with van der Waals surface area (Å²) in [6, 6.07) is 12.3. The number of carbonyl (C=O) groups is 1. The summed E-state index contributed by atoms with van der Waals surface area (Å²) in [7, 11) is -3.79. The first-order valence-electron chi connectivity index (χ1n) is 9.85. The van der Waals surface area contributed by atoms with Crippen LogP contribution in [0.2, 0.25) is 0 Å². The van der Waals surface area contributed by atoms with E-state index in [0.29, 0.717) is 17.2 Å². The summed E-state index contributed by atoms with van der Waals surface area (Å²) in [6.07, 6.45) is 2.97. The lowest BCUT2D eigenvalue weighted by Crippen LogP contribution is -2.29. The Morgan fingerprint density at radius 2 is 1.75 bits per heavy atom. The van der Waals surface area contributed by atoms with Crippen molar-refractivity contribution < 1.29 is 13.2 Å². The molecule has 0 saturated carbocycles. The molecule has 6 heteroatoms. The topological polar surface area (TPSA) is 66.5 Å². The monoisotopic (exact) mass is 400 g/mol. The number of hydrogen-bond acceptors (Lipinski definition) is 3. The van der Waals surface area contributed by atoms with Crippen molar-refractivity contribution in [3.63, 3.8) is 0 Å². The molecule has 3 rings (SSSR count). The number of aryl methyl sites for hydroxylation is 1. The molecule has 2 aromatic carbocycles. The Morgan fingerprint density at radius 3 is 2.36 bits per heavy atom. The largest absolute Gasteiger partial charge is 0.339 e. The molecular formula is C22H28N2O3S. The Labute approximate surface area is 167 Å². The van der Waals surface area contributed by atoms with E-state index in [9.17, 15) is 13.2 Å². The van der Waals surface area contributed by atoms with Crippen molar-refractivity contribution in [2.24, 2.45) is 0 Å². The number of anilines is 1. The highest BCUT2D eigenvalue weighted by Gasteiger charge is 2.25. The number of rotatable bonds is 6. The van der Waals surface area contributed by atoms with Crippen molar-refractivity contribution >= 4 is 21.6 Å². The molecule has 1 aliphatic heterocycles. The molecule has 1 N–H and O–H groups in total. The fourth-order valence-corrected chi connectivity index (χ4v) is 4.63. The van der Waals surface area contributed by atoms with Gasteiger partial charge in [0.05, 0.1) is 16.1 Å². The number of hydrogen-bond donors (Lipinski definition) is 1. The first kappa shape index (κ1) is 20.4. The van der Waals surface area contributed by atoms with E-state index in [2.05, 4.69) is 18.6 Å². The van der Waals surface area contributed by atoms with E-state index in [1.165, 1.54) is 0 Å². The van der Waals surface area contributed by atoms with Gasteiger partial charge < -0.3 is 4.90 Å². The first-order valence-corrected chi connectivity index (χ1v) is 11.3. The van der Waals surface area contributed by atoms with Crippen LogP contribution in [0.15, 0.2) is 47.4 Å². The standard InChI is InChI=1S/C22H28N2O3S/c1-4-16(2)18-10-12-19(13-11-18)28(26,27)23-21-17(3)8-7-9-20(21)22(25)24-14-5-6-15-24/h7-13,16,23H,4-6,14-15H2,1-3H3. The van der Waals surface area contributed by atoms with Crippen LogP contribution in [0.5, 0.6) is 0 Å². The summed E-state index contributed by atoms with van der Waals surface area (Å²) in [5, 5.41) is 0. The van der Waals surface area contributed by atoms with Gasteiger partial charge in [0, 0.05) is 13.1 Å². The van der Waals surface area contributed by atoms with Crippen molar-refractivity contribution in [1.29, 1.82) is 0 Å². The molecule has 0 bridgehead atoms. The van der Waals surface area contributed by atoms with Crippen molar-refractivity contribution in [3.05, 3.63) is 59.2 Å². The van der Waals surface area contributed by atoms with Crippen LogP contribution in [0, 0.1) is 6.92 Å². The SMILES string of the molecule is CCC(C)c1ccc(S(=O)(=O)Nc2c(C)cccc2C(=O)N2CCCC2)cc1. The van der Waals surface area contributed by atoms with Gasteiger partial charge in [-0.05, 0) is 61.4 Å². The highest BCUT2D eigenvalue weighted by atomic mass is 32.2. The number of carbonyl (C=O) groups excluding carboxylic acids is 1. The molecule has 1 amide bonds. The zero-order valence-corrected chi connectivity index (χ0v) is 17.6. The molecule has 1 atom stereocenters. The molecule has 0 aliphatic carbocycles. The molecule has 1 fully saturated rings. The van der Waals surface area contributed by atoms with Crippen LogP contribution in [-0.2, 0) is 10.0 Å². The lowest BCUT2D eigenvalue weighted by molar-refractivity contribution is 0.0794. The van der Waals surface area contributed by atoms with Crippen molar-refractivity contribution in [2.45, 2.75) is 50.8 Å². The zero-order chi connectivity index (χ0) is 20.3. The van der Waals surface area contributed by atoms with E-state index in [1.54, 1.807) is 29.2 Å². The maximum absolute atomic E-state index is 13.0. The third-order valence-electron chi connectivity index (χ3n) is 5.50. The fourth-order valence-electron chi connectivity index (χ4n) is 3.48. The summed E-state index contributed by atoms with van der Waals surface area (Å²) < 4.78 is 28.6. The van der Waals surface area contributed by atoms with Crippen LogP contribution in [-0.4, -0.2) is 32.3 Å². The summed E-state index contributed by atoms with van der Waals surface area (Å²) in [5.74, 6) is 0.261. The van der Waals surface area contributed by atoms with Gasteiger partial charge in [-0.1, -0.05) is 38.1 Å². The van der Waals surface area contributed by atoms with E-state index >= 15 is 0 Å². The van der Waals surface area contributed by atoms with Gasteiger partial charge in [-0.25, -0.2) is 8.42 Å². The van der Waals surface area contributed by atoms with E-state index in [4.69, 9.17) is 0 Å². The molecule has 1 unspecified atom stereocenters. The second-order valence-electron chi connectivity index (χ2n) is 7.48. The van der Waals surface area contributed by atoms with Gasteiger partial charge in [-0.2, -0.15) is 0 Å². The lowest BCUT2D eigenvalue weighted by atomic mass is 9.99. The number of nitrogens with zero attached hydrogens (tertiary/aromatic N) is 1. The minimum Gasteiger partial charge on any atom is -0.339 e. The number of nitrogens with one attached hydrogen (secondary N) is 1. The van der Waals surface area contributed by atoms with Gasteiger partial charge in [0.15, 0.2) is 0 Å². The van der Waals surface area contributed by atoms with Gasteiger partial charge in [0.25, 0.3) is 15.9 Å². The zero-order valence-electron chi connectivity index (χ0n) is 16.7. The fraction of sp³-hybridized carbons (Fsp3) is 0.409. The Kier molecular flexibility index (Phi) is 6.08. The maximum atomic E-state index is 13.0. The first-order chi connectivity index (χ1) is 13.3. The second-order valence-corrected chi connectivity index (χ2v) is 9.16. The maximum Gasteiger partial charge on any atom is 0.261 e. The van der Waals surface area contributed by atoms with Crippen LogP contribution in [0.4, 0.5) is 5.69 Å². The number of para-hydroxylation sites is 1. The highest BCUT2D eigenvalue weighted by Crippen LogP contribution is 2.27. The molecule has 0 spiro atoms. The number of benzene rings is 2. The Bertz CT molecular complexity index is 946. The Morgan fingerprint density at radius 1 is 1.11 bits per heavy atom. The molecule has 0 aromatic heterocycles. The summed E-state index contributed by atoms with van der Waals surface area (Å²) in [4.78, 5) is 14.9. The van der Waals surface area contributed by atoms with Crippen molar-refractivity contribution in [2.75, 3.05) is 17.8 Å². The third-order valence-corrected chi connectivity index (χ3v) is 6.87. The normalized spacial score (nSPS) is 15.5. The molecular weight excluding hydrogens is 372 g/mol. The van der Waals surface area contributed by atoms with Gasteiger partial charge in [0.2, 0.25) is 0 Å². The van der Waals surface area contributed by atoms with Crippen LogP contribution in [0.1, 0.15) is 60.5 Å². The van der Waals surface area contributed by atoms with Crippen LogP contribution >= 0.6 is 0 Å². The van der Waals surface area contributed by atoms with E-state index in [-0.39, 0.29) is 10.8 Å². The van der Waals surface area contributed by atoms with Gasteiger partial charge in [-0.3, -0.25) is 9.52 Å². The molecule has 150 valence electrons. The predicted octanol–water partition coefficient (Wildman–Crippen LogP) is 4.55. The number of amides is 1. The van der Waals surface area contributed by atoms with Gasteiger partial charge in [0.1, 0.15) is 0 Å². The van der Waals surface area contributed by atoms with E-state index in [0.717, 1.165) is 43.5 Å². The number of likely N-dealkylation sites (tertiary alicyclic amines) is 1. The Balaban J connectivity index is 1.91. The molecule has 1 aliphatic rings.